The first-order valence-electron chi connectivity index (χ1n) is 19.0. The van der Waals surface area contributed by atoms with Crippen LogP contribution in [0.1, 0.15) is 143 Å². The Balaban J connectivity index is 1.16. The fraction of sp³-hybridized carbons (Fsp3) is 0.947. The molecule has 4 rings (SSSR count). The molecular formula is C38H72N4. The summed E-state index contributed by atoms with van der Waals surface area (Å²) < 4.78 is 0. The summed E-state index contributed by atoms with van der Waals surface area (Å²) in [6.45, 7) is 16.7. The van der Waals surface area contributed by atoms with Crippen LogP contribution in [0, 0.1) is 40.4 Å². The van der Waals surface area contributed by atoms with E-state index in [1.54, 1.807) is 0 Å². The number of unbranched alkanes of at least 4 members (excludes halogenated alkanes) is 2. The minimum Gasteiger partial charge on any atom is -0.330 e. The van der Waals surface area contributed by atoms with Gasteiger partial charge >= 0.3 is 0 Å². The molecule has 3 saturated carbocycles. The zero-order valence-corrected chi connectivity index (χ0v) is 28.6. The molecule has 0 aromatic rings. The van der Waals surface area contributed by atoms with Crippen LogP contribution in [0.3, 0.4) is 0 Å². The van der Waals surface area contributed by atoms with E-state index in [0.717, 1.165) is 75.3 Å². The van der Waals surface area contributed by atoms with Gasteiger partial charge in [-0.3, -0.25) is 0 Å². The first-order valence-corrected chi connectivity index (χ1v) is 19.0. The van der Waals surface area contributed by atoms with Gasteiger partial charge in [0.05, 0.1) is 0 Å². The van der Waals surface area contributed by atoms with E-state index in [0.29, 0.717) is 16.9 Å². The second-order valence-electron chi connectivity index (χ2n) is 15.8. The number of hydrogen-bond acceptors (Lipinski definition) is 4. The fourth-order valence-electron chi connectivity index (χ4n) is 10.5. The van der Waals surface area contributed by atoms with Crippen LogP contribution in [-0.2, 0) is 0 Å². The highest BCUT2D eigenvalue weighted by atomic mass is 14.9. The third-order valence-corrected chi connectivity index (χ3v) is 13.0. The third kappa shape index (κ3) is 8.85. The molecule has 0 bridgehead atoms. The molecule has 4 nitrogen and oxygen atoms in total. The van der Waals surface area contributed by atoms with Crippen LogP contribution < -0.4 is 21.7 Å². The molecule has 42 heavy (non-hydrogen) atoms. The molecule has 0 amide bonds. The Labute approximate surface area is 262 Å². The van der Waals surface area contributed by atoms with Crippen LogP contribution in [-0.4, -0.2) is 45.3 Å². The molecular weight excluding hydrogens is 512 g/mol. The van der Waals surface area contributed by atoms with Gasteiger partial charge in [0.15, 0.2) is 0 Å². The molecule has 0 aromatic heterocycles. The van der Waals surface area contributed by atoms with Crippen molar-refractivity contribution in [3.8, 4) is 0 Å². The zero-order chi connectivity index (χ0) is 29.8. The summed E-state index contributed by atoms with van der Waals surface area (Å²) in [4.78, 5) is 0. The van der Waals surface area contributed by atoms with Crippen LogP contribution in [0.2, 0.25) is 0 Å². The van der Waals surface area contributed by atoms with E-state index in [2.05, 4.69) is 49.7 Å². The van der Waals surface area contributed by atoms with Gasteiger partial charge in [0.1, 0.15) is 0 Å². The minimum atomic E-state index is 0.483. The van der Waals surface area contributed by atoms with Crippen LogP contribution in [0.25, 0.3) is 0 Å². The summed E-state index contributed by atoms with van der Waals surface area (Å²) in [5.74, 6) is 4.90. The van der Waals surface area contributed by atoms with E-state index in [1.165, 1.54) is 109 Å². The zero-order valence-electron chi connectivity index (χ0n) is 28.6. The van der Waals surface area contributed by atoms with Gasteiger partial charge in [-0.05, 0) is 163 Å². The number of nitrogens with two attached hydrogens (primary N) is 1. The molecule has 4 aliphatic carbocycles. The Hall–Kier alpha value is -0.420. The average Bonchev–Trinajstić information content (AvgIpc) is 3.32. The first-order chi connectivity index (χ1) is 20.4. The quantitative estimate of drug-likeness (QED) is 0.0860. The lowest BCUT2D eigenvalue weighted by Crippen LogP contribution is -2.51. The predicted octanol–water partition coefficient (Wildman–Crippen LogP) is 8.22. The van der Waals surface area contributed by atoms with Gasteiger partial charge in [0, 0.05) is 6.04 Å². The Morgan fingerprint density at radius 1 is 0.810 bits per heavy atom. The highest BCUT2D eigenvalue weighted by Crippen LogP contribution is 2.67. The van der Waals surface area contributed by atoms with E-state index in [9.17, 15) is 0 Å². The Kier molecular flexibility index (Phi) is 14.2. The Morgan fingerprint density at radius 3 is 2.33 bits per heavy atom. The van der Waals surface area contributed by atoms with Gasteiger partial charge in [-0.2, -0.15) is 0 Å². The number of nitrogens with one attached hydrogen (secondary N) is 3. The number of allylic oxidation sites excluding steroid dienone is 1. The van der Waals surface area contributed by atoms with E-state index in [1.807, 2.05) is 5.57 Å². The van der Waals surface area contributed by atoms with E-state index in [-0.39, 0.29) is 0 Å². The molecule has 0 aromatic carbocycles. The normalized spacial score (nSPS) is 34.9. The number of rotatable bonds is 20. The van der Waals surface area contributed by atoms with E-state index in [4.69, 9.17) is 5.73 Å². The molecule has 8 atom stereocenters. The topological polar surface area (TPSA) is 62.1 Å². The van der Waals surface area contributed by atoms with Gasteiger partial charge in [-0.15, -0.1) is 0 Å². The van der Waals surface area contributed by atoms with Crippen molar-refractivity contribution in [2.24, 2.45) is 46.2 Å². The molecule has 0 aliphatic heterocycles. The molecule has 0 saturated heterocycles. The van der Waals surface area contributed by atoms with Crippen LogP contribution in [0.5, 0.6) is 0 Å². The lowest BCUT2D eigenvalue weighted by molar-refractivity contribution is -0.0532. The van der Waals surface area contributed by atoms with Gasteiger partial charge in [0.2, 0.25) is 0 Å². The summed E-state index contributed by atoms with van der Waals surface area (Å²) in [5, 5.41) is 11.1. The maximum Gasteiger partial charge on any atom is 0.0253 e. The molecule has 5 N–H and O–H groups in total. The lowest BCUT2D eigenvalue weighted by atomic mass is 9.46. The molecule has 4 heteroatoms. The van der Waals surface area contributed by atoms with Gasteiger partial charge in [0.25, 0.3) is 0 Å². The molecule has 8 unspecified atom stereocenters. The summed E-state index contributed by atoms with van der Waals surface area (Å²) in [7, 11) is 0. The highest BCUT2D eigenvalue weighted by molar-refractivity contribution is 5.26. The van der Waals surface area contributed by atoms with E-state index >= 15 is 0 Å². The third-order valence-electron chi connectivity index (χ3n) is 13.0. The van der Waals surface area contributed by atoms with Gasteiger partial charge in [-0.1, -0.05) is 71.4 Å². The predicted molar refractivity (Wildman–Crippen MR) is 183 cm³/mol. The standard InChI is InChI=1S/C38H72N4/c1-5-12-30(2)13-6-7-14-31-16-18-35-34-17-15-32-29-33(19-21-38(32,4)36(34)20-22-37(31,35)3)42-28-11-27-41-25-9-8-24-40-26-10-23-39/h29-31,33-36,40-42H,5-28,39H2,1-4H3. The van der Waals surface area contributed by atoms with Crippen LogP contribution >= 0.6 is 0 Å². The summed E-state index contributed by atoms with van der Waals surface area (Å²) in [6, 6.07) is 0.606. The van der Waals surface area contributed by atoms with Crippen molar-refractivity contribution >= 4 is 0 Å². The summed E-state index contributed by atoms with van der Waals surface area (Å²) in [5.41, 5.74) is 8.51. The molecule has 0 radical (unpaired) electrons. The Morgan fingerprint density at radius 2 is 1.57 bits per heavy atom. The monoisotopic (exact) mass is 585 g/mol. The Bertz CT molecular complexity index is 796. The number of hydrogen-bond donors (Lipinski definition) is 4. The average molecular weight is 585 g/mol. The van der Waals surface area contributed by atoms with Crippen molar-refractivity contribution in [3.63, 3.8) is 0 Å². The lowest BCUT2D eigenvalue weighted by Gasteiger charge is -2.58. The number of fused-ring (bicyclic) bond motifs is 5. The van der Waals surface area contributed by atoms with Gasteiger partial charge in [-0.25, -0.2) is 0 Å². The fourth-order valence-corrected chi connectivity index (χ4v) is 10.5. The van der Waals surface area contributed by atoms with Crippen LogP contribution in [0.4, 0.5) is 0 Å². The van der Waals surface area contributed by atoms with Crippen LogP contribution in [0.15, 0.2) is 11.6 Å². The minimum absolute atomic E-state index is 0.483. The molecule has 0 heterocycles. The van der Waals surface area contributed by atoms with Crippen molar-refractivity contribution in [2.45, 2.75) is 149 Å². The van der Waals surface area contributed by atoms with Crippen molar-refractivity contribution in [1.29, 1.82) is 0 Å². The summed E-state index contributed by atoms with van der Waals surface area (Å²) in [6.07, 6.45) is 28.0. The first kappa shape index (κ1) is 34.5. The maximum absolute atomic E-state index is 5.55. The largest absolute Gasteiger partial charge is 0.330 e. The molecule has 4 aliphatic rings. The molecule has 244 valence electrons. The van der Waals surface area contributed by atoms with E-state index < -0.39 is 0 Å². The second kappa shape index (κ2) is 17.3. The maximum atomic E-state index is 5.55. The van der Waals surface area contributed by atoms with Crippen molar-refractivity contribution in [3.05, 3.63) is 11.6 Å². The van der Waals surface area contributed by atoms with Crippen molar-refractivity contribution in [1.82, 2.24) is 16.0 Å². The summed E-state index contributed by atoms with van der Waals surface area (Å²) >= 11 is 0. The van der Waals surface area contributed by atoms with Crippen molar-refractivity contribution < 1.29 is 0 Å². The SMILES string of the molecule is CCCC(C)CCCCC1CCC2C3CCC4=CC(NCCCNCCCCNCCCN)CCC4(C)C3CCC12C. The van der Waals surface area contributed by atoms with Gasteiger partial charge < -0.3 is 21.7 Å². The second-order valence-corrected chi connectivity index (χ2v) is 15.8. The molecule has 3 fully saturated rings. The smallest absolute Gasteiger partial charge is 0.0253 e. The highest BCUT2D eigenvalue weighted by Gasteiger charge is 2.58. The molecule has 0 spiro atoms. The van der Waals surface area contributed by atoms with Crippen molar-refractivity contribution in [2.75, 3.05) is 39.3 Å².